The summed E-state index contributed by atoms with van der Waals surface area (Å²) in [6, 6.07) is 20.0. The molecule has 94 valence electrons. The molecule has 0 aliphatic heterocycles. The largest absolute Gasteiger partial charge is 0.303 e. The molecular weight excluding hydrogens is 349 g/mol. The molecule has 0 fully saturated rings. The van der Waals surface area contributed by atoms with E-state index in [0.717, 1.165) is 20.0 Å². The highest BCUT2D eigenvalue weighted by Crippen LogP contribution is 2.15. The SMILES string of the molecule is O=c1c(I)cc2ccccc2n1Cc1ccccc1. The molecule has 2 nitrogen and oxygen atoms in total. The summed E-state index contributed by atoms with van der Waals surface area (Å²) in [7, 11) is 0. The van der Waals surface area contributed by atoms with Crippen molar-refractivity contribution in [3.05, 3.63) is 80.2 Å². The lowest BCUT2D eigenvalue weighted by Crippen LogP contribution is -2.23. The summed E-state index contributed by atoms with van der Waals surface area (Å²) in [5.41, 5.74) is 2.19. The van der Waals surface area contributed by atoms with Gasteiger partial charge in [-0.15, -0.1) is 0 Å². The van der Waals surface area contributed by atoms with Crippen molar-refractivity contribution in [2.75, 3.05) is 0 Å². The van der Waals surface area contributed by atoms with Gasteiger partial charge in [-0.1, -0.05) is 48.5 Å². The number of nitrogens with zero attached hydrogens (tertiary/aromatic N) is 1. The van der Waals surface area contributed by atoms with E-state index in [1.54, 1.807) is 0 Å². The summed E-state index contributed by atoms with van der Waals surface area (Å²) in [6.45, 7) is 0.608. The minimum absolute atomic E-state index is 0.0724. The molecule has 0 atom stereocenters. The number of para-hydroxylation sites is 1. The van der Waals surface area contributed by atoms with Gasteiger partial charge in [0.15, 0.2) is 0 Å². The van der Waals surface area contributed by atoms with Crippen LogP contribution in [-0.2, 0) is 6.54 Å². The molecule has 0 unspecified atom stereocenters. The normalized spacial score (nSPS) is 10.8. The van der Waals surface area contributed by atoms with Crippen LogP contribution in [0.15, 0.2) is 65.5 Å². The van der Waals surface area contributed by atoms with Crippen LogP contribution in [0.5, 0.6) is 0 Å². The Morgan fingerprint density at radius 1 is 0.947 bits per heavy atom. The second kappa shape index (κ2) is 5.17. The van der Waals surface area contributed by atoms with E-state index < -0.39 is 0 Å². The molecule has 3 aromatic rings. The summed E-state index contributed by atoms with van der Waals surface area (Å²) in [5.74, 6) is 0. The maximum absolute atomic E-state index is 12.3. The van der Waals surface area contributed by atoms with E-state index in [-0.39, 0.29) is 5.56 Å². The number of rotatable bonds is 2. The van der Waals surface area contributed by atoms with Crippen molar-refractivity contribution < 1.29 is 0 Å². The average molecular weight is 361 g/mol. The summed E-state index contributed by atoms with van der Waals surface area (Å²) in [4.78, 5) is 12.3. The third-order valence-electron chi connectivity index (χ3n) is 3.14. The Balaban J connectivity index is 2.22. The van der Waals surface area contributed by atoms with Crippen LogP contribution < -0.4 is 5.56 Å². The summed E-state index contributed by atoms with van der Waals surface area (Å²) in [6.07, 6.45) is 0. The van der Waals surface area contributed by atoms with Gasteiger partial charge < -0.3 is 4.57 Å². The zero-order chi connectivity index (χ0) is 13.2. The van der Waals surface area contributed by atoms with Crippen LogP contribution in [0.4, 0.5) is 0 Å². The number of fused-ring (bicyclic) bond motifs is 1. The minimum atomic E-state index is 0.0724. The number of benzene rings is 2. The Morgan fingerprint density at radius 2 is 1.63 bits per heavy atom. The highest BCUT2D eigenvalue weighted by molar-refractivity contribution is 14.1. The van der Waals surface area contributed by atoms with Gasteiger partial charge in [0.1, 0.15) is 0 Å². The van der Waals surface area contributed by atoms with E-state index in [9.17, 15) is 4.79 Å². The van der Waals surface area contributed by atoms with Crippen LogP contribution in [-0.4, -0.2) is 4.57 Å². The predicted molar refractivity (Wildman–Crippen MR) is 86.5 cm³/mol. The Bertz CT molecular complexity index is 778. The topological polar surface area (TPSA) is 22.0 Å². The fraction of sp³-hybridized carbons (Fsp3) is 0.0625. The third kappa shape index (κ3) is 2.42. The van der Waals surface area contributed by atoms with Crippen molar-refractivity contribution in [2.45, 2.75) is 6.54 Å². The van der Waals surface area contributed by atoms with Crippen LogP contribution in [0, 0.1) is 3.57 Å². The molecule has 0 saturated heterocycles. The number of halogens is 1. The van der Waals surface area contributed by atoms with E-state index in [1.807, 2.05) is 65.2 Å². The van der Waals surface area contributed by atoms with Gasteiger partial charge in [0.05, 0.1) is 15.6 Å². The van der Waals surface area contributed by atoms with E-state index >= 15 is 0 Å². The van der Waals surface area contributed by atoms with Gasteiger partial charge in [0.25, 0.3) is 5.56 Å². The molecule has 0 N–H and O–H groups in total. The quantitative estimate of drug-likeness (QED) is 0.639. The molecular formula is C16H12INO. The monoisotopic (exact) mass is 361 g/mol. The van der Waals surface area contributed by atoms with Gasteiger partial charge in [-0.05, 0) is 45.7 Å². The average Bonchev–Trinajstić information content (AvgIpc) is 2.45. The molecule has 1 heterocycles. The van der Waals surface area contributed by atoms with Crippen molar-refractivity contribution in [3.63, 3.8) is 0 Å². The molecule has 0 amide bonds. The summed E-state index contributed by atoms with van der Waals surface area (Å²) < 4.78 is 2.60. The van der Waals surface area contributed by atoms with Gasteiger partial charge in [-0.25, -0.2) is 0 Å². The molecule has 0 spiro atoms. The number of pyridine rings is 1. The lowest BCUT2D eigenvalue weighted by molar-refractivity contribution is 0.790. The minimum Gasteiger partial charge on any atom is -0.303 e. The smallest absolute Gasteiger partial charge is 0.264 e. The maximum atomic E-state index is 12.3. The highest BCUT2D eigenvalue weighted by atomic mass is 127. The van der Waals surface area contributed by atoms with Crippen LogP contribution in [0.1, 0.15) is 5.56 Å². The van der Waals surface area contributed by atoms with Gasteiger partial charge in [-0.2, -0.15) is 0 Å². The molecule has 3 heteroatoms. The second-order valence-corrected chi connectivity index (χ2v) is 5.59. The fourth-order valence-electron chi connectivity index (χ4n) is 2.21. The maximum Gasteiger partial charge on any atom is 0.264 e. The van der Waals surface area contributed by atoms with Gasteiger partial charge >= 0.3 is 0 Å². The van der Waals surface area contributed by atoms with Crippen LogP contribution in [0.2, 0.25) is 0 Å². The van der Waals surface area contributed by atoms with Gasteiger partial charge in [-0.3, -0.25) is 4.79 Å². The van der Waals surface area contributed by atoms with Crippen LogP contribution in [0.25, 0.3) is 10.9 Å². The Morgan fingerprint density at radius 3 is 2.42 bits per heavy atom. The molecule has 0 radical (unpaired) electrons. The standard InChI is InChI=1S/C16H12INO/c17-14-10-13-8-4-5-9-15(13)18(16(14)19)11-12-6-2-1-3-7-12/h1-10H,11H2. The molecule has 0 saturated carbocycles. The van der Waals surface area contributed by atoms with Crippen LogP contribution >= 0.6 is 22.6 Å². The van der Waals surface area contributed by atoms with Crippen molar-refractivity contribution in [1.82, 2.24) is 4.57 Å². The fourth-order valence-corrected chi connectivity index (χ4v) is 2.84. The van der Waals surface area contributed by atoms with Crippen molar-refractivity contribution in [1.29, 1.82) is 0 Å². The first-order valence-electron chi connectivity index (χ1n) is 6.08. The summed E-state index contributed by atoms with van der Waals surface area (Å²) >= 11 is 2.11. The van der Waals surface area contributed by atoms with Crippen molar-refractivity contribution in [3.8, 4) is 0 Å². The molecule has 2 aromatic carbocycles. The Hall–Kier alpha value is -1.62. The first kappa shape index (κ1) is 12.4. The molecule has 0 aliphatic rings. The second-order valence-electron chi connectivity index (χ2n) is 4.43. The summed E-state index contributed by atoms with van der Waals surface area (Å²) in [5, 5.41) is 1.10. The van der Waals surface area contributed by atoms with E-state index in [1.165, 1.54) is 0 Å². The lowest BCUT2D eigenvalue weighted by atomic mass is 10.2. The zero-order valence-electron chi connectivity index (χ0n) is 10.2. The molecule has 0 aliphatic carbocycles. The Labute approximate surface area is 124 Å². The molecule has 19 heavy (non-hydrogen) atoms. The first-order chi connectivity index (χ1) is 9.25. The van der Waals surface area contributed by atoms with Crippen molar-refractivity contribution >= 4 is 33.5 Å². The van der Waals surface area contributed by atoms with Gasteiger partial charge in [0, 0.05) is 0 Å². The molecule has 0 bridgehead atoms. The highest BCUT2D eigenvalue weighted by Gasteiger charge is 2.07. The Kier molecular flexibility index (Phi) is 3.38. The van der Waals surface area contributed by atoms with E-state index in [2.05, 4.69) is 22.6 Å². The number of aromatic nitrogens is 1. The predicted octanol–water partition coefficient (Wildman–Crippen LogP) is 3.65. The van der Waals surface area contributed by atoms with Crippen molar-refractivity contribution in [2.24, 2.45) is 0 Å². The number of hydrogen-bond donors (Lipinski definition) is 0. The lowest BCUT2D eigenvalue weighted by Gasteiger charge is -2.11. The first-order valence-corrected chi connectivity index (χ1v) is 7.15. The van der Waals surface area contributed by atoms with Crippen LogP contribution in [0.3, 0.4) is 0 Å². The van der Waals surface area contributed by atoms with E-state index in [4.69, 9.17) is 0 Å². The number of hydrogen-bond acceptors (Lipinski definition) is 1. The molecule has 1 aromatic heterocycles. The third-order valence-corrected chi connectivity index (χ3v) is 3.92. The van der Waals surface area contributed by atoms with Gasteiger partial charge in [0.2, 0.25) is 0 Å². The zero-order valence-corrected chi connectivity index (χ0v) is 12.4. The van der Waals surface area contributed by atoms with E-state index in [0.29, 0.717) is 6.54 Å². The molecule has 3 rings (SSSR count).